The highest BCUT2D eigenvalue weighted by atomic mass is 35.5. The van der Waals surface area contributed by atoms with Crippen molar-refractivity contribution in [3.05, 3.63) is 38.7 Å². The first-order chi connectivity index (χ1) is 6.59. The maximum absolute atomic E-state index is 11.4. The van der Waals surface area contributed by atoms with Gasteiger partial charge in [0.15, 0.2) is 5.15 Å². The summed E-state index contributed by atoms with van der Waals surface area (Å²) in [5.74, 6) is 0. The van der Waals surface area contributed by atoms with Crippen molar-refractivity contribution in [2.45, 2.75) is 0 Å². The van der Waals surface area contributed by atoms with E-state index in [2.05, 4.69) is 4.98 Å². The molecule has 0 aliphatic heterocycles. The van der Waals surface area contributed by atoms with Crippen molar-refractivity contribution in [1.29, 1.82) is 0 Å². The molecule has 0 N–H and O–H groups in total. The summed E-state index contributed by atoms with van der Waals surface area (Å²) in [4.78, 5) is 15.3. The molecule has 0 fully saturated rings. The van der Waals surface area contributed by atoms with Gasteiger partial charge >= 0.3 is 0 Å². The van der Waals surface area contributed by atoms with Crippen LogP contribution >= 0.6 is 23.2 Å². The zero-order valence-electron chi connectivity index (χ0n) is 7.29. The molecule has 0 aliphatic rings. The molecular weight excluding hydrogens is 223 g/mol. The van der Waals surface area contributed by atoms with Gasteiger partial charge in [0, 0.05) is 12.1 Å². The Morgan fingerprint density at radius 2 is 2.07 bits per heavy atom. The first-order valence-corrected chi connectivity index (χ1v) is 4.67. The topological polar surface area (TPSA) is 34.9 Å². The Bertz CT molecular complexity index is 562. The van der Waals surface area contributed by atoms with Crippen molar-refractivity contribution in [3.63, 3.8) is 0 Å². The summed E-state index contributed by atoms with van der Waals surface area (Å²) in [6.45, 7) is 0. The van der Waals surface area contributed by atoms with E-state index in [1.165, 1.54) is 4.57 Å². The molecule has 0 saturated carbocycles. The minimum absolute atomic E-state index is 0.0396. The van der Waals surface area contributed by atoms with Gasteiger partial charge in [0.25, 0.3) is 5.56 Å². The molecule has 0 aliphatic carbocycles. The molecule has 1 aromatic carbocycles. The predicted molar refractivity (Wildman–Crippen MR) is 57.0 cm³/mol. The quantitative estimate of drug-likeness (QED) is 0.694. The largest absolute Gasteiger partial charge is 0.307 e. The molecule has 0 bridgehead atoms. The Morgan fingerprint density at radius 3 is 2.79 bits per heavy atom. The fourth-order valence-electron chi connectivity index (χ4n) is 1.27. The minimum Gasteiger partial charge on any atom is -0.307 e. The van der Waals surface area contributed by atoms with Crippen LogP contribution in [-0.2, 0) is 7.05 Å². The van der Waals surface area contributed by atoms with E-state index in [9.17, 15) is 4.79 Å². The second-order valence-electron chi connectivity index (χ2n) is 2.90. The highest BCUT2D eigenvalue weighted by Gasteiger charge is 2.05. The van der Waals surface area contributed by atoms with Crippen molar-refractivity contribution >= 4 is 34.2 Å². The lowest BCUT2D eigenvalue weighted by atomic mass is 10.3. The van der Waals surface area contributed by atoms with E-state index in [1.807, 2.05) is 0 Å². The van der Waals surface area contributed by atoms with Gasteiger partial charge < -0.3 is 4.57 Å². The zero-order valence-corrected chi connectivity index (χ0v) is 8.80. The third-order valence-corrected chi connectivity index (χ3v) is 2.48. The van der Waals surface area contributed by atoms with Crippen LogP contribution in [0.3, 0.4) is 0 Å². The molecule has 72 valence electrons. The highest BCUT2D eigenvalue weighted by Crippen LogP contribution is 2.16. The van der Waals surface area contributed by atoms with Crippen LogP contribution in [0.1, 0.15) is 0 Å². The average Bonchev–Trinajstić information content (AvgIpc) is 2.14. The van der Waals surface area contributed by atoms with Crippen LogP contribution in [0.5, 0.6) is 0 Å². The van der Waals surface area contributed by atoms with Crippen LogP contribution in [0.2, 0.25) is 10.2 Å². The van der Waals surface area contributed by atoms with Crippen LogP contribution in [-0.4, -0.2) is 9.55 Å². The normalized spacial score (nSPS) is 10.8. The number of rotatable bonds is 0. The van der Waals surface area contributed by atoms with Crippen molar-refractivity contribution < 1.29 is 0 Å². The molecule has 2 aromatic rings. The number of nitrogens with zero attached hydrogens (tertiary/aromatic N) is 2. The van der Waals surface area contributed by atoms with Crippen molar-refractivity contribution in [3.8, 4) is 0 Å². The molecule has 0 radical (unpaired) electrons. The van der Waals surface area contributed by atoms with E-state index >= 15 is 0 Å². The first kappa shape index (κ1) is 9.49. The van der Waals surface area contributed by atoms with Gasteiger partial charge in [-0.05, 0) is 18.2 Å². The summed E-state index contributed by atoms with van der Waals surface area (Å²) >= 11 is 11.5. The molecule has 1 heterocycles. The lowest BCUT2D eigenvalue weighted by molar-refractivity contribution is 0.892. The van der Waals surface area contributed by atoms with Crippen LogP contribution in [0.15, 0.2) is 23.0 Å². The van der Waals surface area contributed by atoms with E-state index in [0.29, 0.717) is 16.1 Å². The van der Waals surface area contributed by atoms with Crippen LogP contribution < -0.4 is 5.56 Å². The fraction of sp³-hybridized carbons (Fsp3) is 0.111. The van der Waals surface area contributed by atoms with Crippen molar-refractivity contribution in [2.24, 2.45) is 7.05 Å². The summed E-state index contributed by atoms with van der Waals surface area (Å²) < 4.78 is 1.45. The smallest absolute Gasteiger partial charge is 0.288 e. The van der Waals surface area contributed by atoms with Gasteiger partial charge in [-0.25, -0.2) is 4.98 Å². The minimum atomic E-state index is -0.304. The highest BCUT2D eigenvalue weighted by molar-refractivity contribution is 6.31. The second kappa shape index (κ2) is 3.26. The van der Waals surface area contributed by atoms with E-state index in [1.54, 1.807) is 25.2 Å². The van der Waals surface area contributed by atoms with E-state index in [-0.39, 0.29) is 10.7 Å². The van der Waals surface area contributed by atoms with Gasteiger partial charge in [-0.3, -0.25) is 4.79 Å². The Morgan fingerprint density at radius 1 is 1.36 bits per heavy atom. The van der Waals surface area contributed by atoms with E-state index in [4.69, 9.17) is 23.2 Å². The average molecular weight is 229 g/mol. The number of aromatic nitrogens is 2. The molecule has 0 spiro atoms. The standard InChI is InChI=1S/C9H6Cl2N2O/c1-13-7-3-2-5(10)4-6(7)12-8(11)9(13)14/h2-4H,1H3. The Kier molecular flexibility index (Phi) is 2.21. The molecule has 5 heteroatoms. The molecule has 0 amide bonds. The summed E-state index contributed by atoms with van der Waals surface area (Å²) in [5, 5.41) is 0.530. The van der Waals surface area contributed by atoms with E-state index in [0.717, 1.165) is 0 Å². The molecule has 1 aromatic heterocycles. The first-order valence-electron chi connectivity index (χ1n) is 3.91. The predicted octanol–water partition coefficient (Wildman–Crippen LogP) is 2.24. The molecule has 2 rings (SSSR count). The third-order valence-electron chi connectivity index (χ3n) is 2.00. The van der Waals surface area contributed by atoms with Crippen molar-refractivity contribution in [1.82, 2.24) is 9.55 Å². The maximum Gasteiger partial charge on any atom is 0.288 e. The van der Waals surface area contributed by atoms with Gasteiger partial charge in [0.05, 0.1) is 11.0 Å². The van der Waals surface area contributed by atoms with Gasteiger partial charge in [-0.2, -0.15) is 0 Å². The van der Waals surface area contributed by atoms with Crippen LogP contribution in [0.4, 0.5) is 0 Å². The summed E-state index contributed by atoms with van der Waals surface area (Å²) in [6.07, 6.45) is 0. The number of hydrogen-bond donors (Lipinski definition) is 0. The molecular formula is C9H6Cl2N2O. The van der Waals surface area contributed by atoms with Crippen molar-refractivity contribution in [2.75, 3.05) is 0 Å². The molecule has 0 saturated heterocycles. The SMILES string of the molecule is Cn1c(=O)c(Cl)nc2cc(Cl)ccc21. The number of fused-ring (bicyclic) bond motifs is 1. The lowest BCUT2D eigenvalue weighted by Gasteiger charge is -2.04. The van der Waals surface area contributed by atoms with Crippen LogP contribution in [0.25, 0.3) is 11.0 Å². The molecule has 3 nitrogen and oxygen atoms in total. The van der Waals surface area contributed by atoms with Gasteiger partial charge in [-0.15, -0.1) is 0 Å². The molecule has 0 atom stereocenters. The number of halogens is 2. The molecule has 14 heavy (non-hydrogen) atoms. The second-order valence-corrected chi connectivity index (χ2v) is 3.69. The van der Waals surface area contributed by atoms with E-state index < -0.39 is 0 Å². The summed E-state index contributed by atoms with van der Waals surface area (Å²) in [7, 11) is 1.64. The van der Waals surface area contributed by atoms with Gasteiger partial charge in [0.2, 0.25) is 0 Å². The summed E-state index contributed by atoms with van der Waals surface area (Å²) in [5.41, 5.74) is 1.02. The lowest BCUT2D eigenvalue weighted by Crippen LogP contribution is -2.18. The van der Waals surface area contributed by atoms with Crippen LogP contribution in [0, 0.1) is 0 Å². The Balaban J connectivity index is 2.98. The third kappa shape index (κ3) is 1.38. The van der Waals surface area contributed by atoms with Gasteiger partial charge in [-0.1, -0.05) is 23.2 Å². The zero-order chi connectivity index (χ0) is 10.3. The number of hydrogen-bond acceptors (Lipinski definition) is 2. The van der Waals surface area contributed by atoms with Gasteiger partial charge in [0.1, 0.15) is 0 Å². The maximum atomic E-state index is 11.4. The Labute approximate surface area is 89.9 Å². The fourth-order valence-corrected chi connectivity index (χ4v) is 1.66. The molecule has 0 unspecified atom stereocenters. The number of aryl methyl sites for hydroxylation is 1. The monoisotopic (exact) mass is 228 g/mol. The number of benzene rings is 1. The summed E-state index contributed by atoms with van der Waals surface area (Å²) in [6, 6.07) is 5.11. The Hall–Kier alpha value is -1.06.